The molecule has 1 aromatic heterocycles. The van der Waals surface area contributed by atoms with E-state index in [9.17, 15) is 19.5 Å². The lowest BCUT2D eigenvalue weighted by Gasteiger charge is -2.25. The molecular weight excluding hydrogens is 432 g/mol. The average molecular weight is 461 g/mol. The number of aliphatic carboxylic acids is 1. The van der Waals surface area contributed by atoms with Gasteiger partial charge in [-0.05, 0) is 61.1 Å². The van der Waals surface area contributed by atoms with E-state index >= 15 is 0 Å². The molecule has 0 aliphatic carbocycles. The van der Waals surface area contributed by atoms with Crippen molar-refractivity contribution < 1.29 is 19.4 Å². The van der Waals surface area contributed by atoms with Crippen LogP contribution < -0.4 is 15.6 Å². The van der Waals surface area contributed by atoms with Crippen molar-refractivity contribution in [2.45, 2.75) is 44.7 Å². The van der Waals surface area contributed by atoms with E-state index in [-0.39, 0.29) is 17.9 Å². The molecule has 0 saturated carbocycles. The molecule has 2 aromatic carbocycles. The molecular formula is C27H28N2O5. The third-order valence-electron chi connectivity index (χ3n) is 6.13. The van der Waals surface area contributed by atoms with Crippen LogP contribution in [0.2, 0.25) is 0 Å². The molecule has 1 amide bonds. The van der Waals surface area contributed by atoms with Crippen LogP contribution in [-0.2, 0) is 9.59 Å². The lowest BCUT2D eigenvalue weighted by atomic mass is 9.94. The number of amides is 1. The zero-order valence-electron chi connectivity index (χ0n) is 19.1. The molecule has 0 fully saturated rings. The molecule has 2 atom stereocenters. The van der Waals surface area contributed by atoms with Crippen LogP contribution in [0.3, 0.4) is 0 Å². The van der Waals surface area contributed by atoms with Gasteiger partial charge in [-0.2, -0.15) is 0 Å². The molecule has 7 nitrogen and oxygen atoms in total. The van der Waals surface area contributed by atoms with Gasteiger partial charge in [-0.25, -0.2) is 0 Å². The fourth-order valence-electron chi connectivity index (χ4n) is 4.45. The first kappa shape index (κ1) is 23.3. The summed E-state index contributed by atoms with van der Waals surface area (Å²) in [6.45, 7) is 2.49. The van der Waals surface area contributed by atoms with Crippen LogP contribution in [0.4, 0.5) is 0 Å². The van der Waals surface area contributed by atoms with Crippen LogP contribution in [0, 0.1) is 6.92 Å². The van der Waals surface area contributed by atoms with E-state index < -0.39 is 18.1 Å². The summed E-state index contributed by atoms with van der Waals surface area (Å²) in [5.74, 6) is -0.631. The second-order valence-corrected chi connectivity index (χ2v) is 8.54. The van der Waals surface area contributed by atoms with Crippen LogP contribution in [-0.4, -0.2) is 28.2 Å². The Morgan fingerprint density at radius 3 is 2.71 bits per heavy atom. The lowest BCUT2D eigenvalue weighted by Crippen LogP contribution is -2.39. The second-order valence-electron chi connectivity index (χ2n) is 8.54. The van der Waals surface area contributed by atoms with Crippen LogP contribution in [0.5, 0.6) is 5.75 Å². The van der Waals surface area contributed by atoms with E-state index in [1.165, 1.54) is 10.6 Å². The predicted molar refractivity (Wildman–Crippen MR) is 129 cm³/mol. The minimum absolute atomic E-state index is 0.275. The topological polar surface area (TPSA) is 97.6 Å². The Balaban J connectivity index is 1.79. The fraction of sp³-hybridized carbons (Fsp3) is 0.296. The van der Waals surface area contributed by atoms with E-state index in [4.69, 9.17) is 4.74 Å². The molecule has 0 saturated heterocycles. The molecule has 4 rings (SSSR count). The first-order valence-electron chi connectivity index (χ1n) is 11.5. The molecule has 0 radical (unpaired) electrons. The molecule has 34 heavy (non-hydrogen) atoms. The monoisotopic (exact) mass is 460 g/mol. The number of carboxylic acid groups (broad SMARTS) is 1. The largest absolute Gasteiger partial charge is 0.493 e. The summed E-state index contributed by atoms with van der Waals surface area (Å²) in [6.07, 6.45) is 3.12. The van der Waals surface area contributed by atoms with Gasteiger partial charge in [0, 0.05) is 17.8 Å². The van der Waals surface area contributed by atoms with Crippen molar-refractivity contribution >= 4 is 11.9 Å². The van der Waals surface area contributed by atoms with Crippen molar-refractivity contribution in [2.24, 2.45) is 0 Å². The van der Waals surface area contributed by atoms with Crippen LogP contribution >= 0.6 is 0 Å². The minimum atomic E-state index is -1.02. The SMILES string of the molecule is Cc1cccc2c1-c1cccc(c1)[C@H](CC(=O)O)NC(=O)C(n1ccccc1=O)CCCCO2. The highest BCUT2D eigenvalue weighted by Gasteiger charge is 2.26. The highest BCUT2D eigenvalue weighted by atomic mass is 16.5. The standard InChI is InChI=1S/C27H28N2O5/c1-18-8-6-12-23-26(18)20-10-7-9-19(16-20)21(17-25(31)32)28-27(33)22(11-3-5-15-34-23)29-14-4-2-13-24(29)30/h2,4,6-10,12-14,16,21-22H,3,5,11,15,17H2,1H3,(H,28,33)(H,31,32)/t21-,22?/m0/s1. The van der Waals surface area contributed by atoms with Gasteiger partial charge in [-0.15, -0.1) is 0 Å². The number of benzene rings is 2. The summed E-state index contributed by atoms with van der Waals surface area (Å²) in [6, 6.07) is 16.7. The van der Waals surface area contributed by atoms with Gasteiger partial charge in [0.05, 0.1) is 19.1 Å². The van der Waals surface area contributed by atoms with Crippen LogP contribution in [0.15, 0.2) is 71.7 Å². The molecule has 2 bridgehead atoms. The summed E-state index contributed by atoms with van der Waals surface area (Å²) in [7, 11) is 0. The van der Waals surface area contributed by atoms with Gasteiger partial charge in [0.15, 0.2) is 0 Å². The van der Waals surface area contributed by atoms with Crippen molar-refractivity contribution in [3.63, 3.8) is 0 Å². The first-order valence-corrected chi connectivity index (χ1v) is 11.5. The first-order chi connectivity index (χ1) is 16.4. The summed E-state index contributed by atoms with van der Waals surface area (Å²) in [5, 5.41) is 12.5. The number of nitrogens with one attached hydrogen (secondary N) is 1. The summed E-state index contributed by atoms with van der Waals surface area (Å²) in [4.78, 5) is 37.5. The molecule has 2 heterocycles. The number of carboxylic acids is 1. The van der Waals surface area contributed by atoms with Gasteiger partial charge in [0.2, 0.25) is 5.91 Å². The number of hydrogen-bond acceptors (Lipinski definition) is 4. The zero-order valence-corrected chi connectivity index (χ0v) is 19.1. The van der Waals surface area contributed by atoms with Gasteiger partial charge in [-0.3, -0.25) is 14.4 Å². The van der Waals surface area contributed by atoms with Gasteiger partial charge in [0.1, 0.15) is 11.8 Å². The number of ether oxygens (including phenoxy) is 1. The third kappa shape index (κ3) is 5.20. The lowest BCUT2D eigenvalue weighted by molar-refractivity contribution is -0.138. The number of carbonyl (C=O) groups is 2. The molecule has 3 aromatic rings. The predicted octanol–water partition coefficient (Wildman–Crippen LogP) is 4.26. The Labute approximate surface area is 198 Å². The summed E-state index contributed by atoms with van der Waals surface area (Å²) >= 11 is 0. The number of nitrogens with zero attached hydrogens (tertiary/aromatic N) is 1. The maximum absolute atomic E-state index is 13.4. The number of pyridine rings is 1. The van der Waals surface area contributed by atoms with E-state index in [0.29, 0.717) is 31.4 Å². The number of hydrogen-bond donors (Lipinski definition) is 2. The van der Waals surface area contributed by atoms with Gasteiger partial charge >= 0.3 is 5.97 Å². The zero-order chi connectivity index (χ0) is 24.1. The molecule has 176 valence electrons. The second kappa shape index (κ2) is 10.4. The normalized spacial score (nSPS) is 18.7. The van der Waals surface area contributed by atoms with Crippen molar-refractivity contribution in [3.8, 4) is 16.9 Å². The smallest absolute Gasteiger partial charge is 0.305 e. The van der Waals surface area contributed by atoms with Gasteiger partial charge in [-0.1, -0.05) is 36.4 Å². The Morgan fingerprint density at radius 2 is 1.91 bits per heavy atom. The van der Waals surface area contributed by atoms with E-state index in [1.807, 2.05) is 49.4 Å². The van der Waals surface area contributed by atoms with E-state index in [1.54, 1.807) is 18.3 Å². The van der Waals surface area contributed by atoms with Crippen LogP contribution in [0.1, 0.15) is 48.9 Å². The number of aromatic nitrogens is 1. The van der Waals surface area contributed by atoms with Crippen molar-refractivity contribution in [1.82, 2.24) is 9.88 Å². The van der Waals surface area contributed by atoms with E-state index in [0.717, 1.165) is 22.4 Å². The summed E-state index contributed by atoms with van der Waals surface area (Å²) < 4.78 is 7.54. The molecule has 0 spiro atoms. The van der Waals surface area contributed by atoms with Crippen molar-refractivity contribution in [1.29, 1.82) is 0 Å². The molecule has 1 aliphatic rings. The Hall–Kier alpha value is -3.87. The van der Waals surface area contributed by atoms with Gasteiger partial charge < -0.3 is 19.7 Å². The van der Waals surface area contributed by atoms with Crippen LogP contribution in [0.25, 0.3) is 11.1 Å². The van der Waals surface area contributed by atoms with Crippen molar-refractivity contribution in [2.75, 3.05) is 6.61 Å². The third-order valence-corrected chi connectivity index (χ3v) is 6.13. The summed E-state index contributed by atoms with van der Waals surface area (Å²) in [5.41, 5.74) is 3.29. The van der Waals surface area contributed by atoms with Gasteiger partial charge in [0.25, 0.3) is 5.56 Å². The quantitative estimate of drug-likeness (QED) is 0.609. The minimum Gasteiger partial charge on any atom is -0.493 e. The van der Waals surface area contributed by atoms with E-state index in [2.05, 4.69) is 5.32 Å². The average Bonchev–Trinajstić information content (AvgIpc) is 2.81. The number of fused-ring (bicyclic) bond motifs is 4. The maximum atomic E-state index is 13.4. The van der Waals surface area contributed by atoms with Crippen molar-refractivity contribution in [3.05, 3.63) is 88.3 Å². The molecule has 1 unspecified atom stereocenters. The fourth-order valence-corrected chi connectivity index (χ4v) is 4.45. The highest BCUT2D eigenvalue weighted by molar-refractivity contribution is 5.82. The Kier molecular flexibility index (Phi) is 7.11. The maximum Gasteiger partial charge on any atom is 0.305 e. The number of carbonyl (C=O) groups excluding carboxylic acids is 1. The number of rotatable bonds is 3. The Bertz CT molecular complexity index is 1250. The Morgan fingerprint density at radius 1 is 1.09 bits per heavy atom. The molecule has 2 N–H and O–H groups in total. The molecule has 1 aliphatic heterocycles. The highest BCUT2D eigenvalue weighted by Crippen LogP contribution is 2.35. The molecule has 7 heteroatoms. The number of aryl methyl sites for hydroxylation is 1.